The van der Waals surface area contributed by atoms with Gasteiger partial charge in [-0.25, -0.2) is 0 Å². The van der Waals surface area contributed by atoms with Crippen molar-refractivity contribution in [1.82, 2.24) is 0 Å². The third kappa shape index (κ3) is 3.48. The van der Waals surface area contributed by atoms with Crippen LogP contribution in [-0.2, 0) is 9.09 Å². The summed E-state index contributed by atoms with van der Waals surface area (Å²) in [5.41, 5.74) is 1.04. The highest BCUT2D eigenvalue weighted by Crippen LogP contribution is 2.42. The van der Waals surface area contributed by atoms with Crippen molar-refractivity contribution in [3.63, 3.8) is 0 Å². The Morgan fingerprint density at radius 3 is 2.60 bits per heavy atom. The average Bonchev–Trinajstić information content (AvgIpc) is 2.18. The Hall–Kier alpha value is -0.590. The summed E-state index contributed by atoms with van der Waals surface area (Å²) < 4.78 is 17.8. The zero-order valence-electron chi connectivity index (χ0n) is 9.69. The summed E-state index contributed by atoms with van der Waals surface area (Å²) in [7, 11) is -2.61. The van der Waals surface area contributed by atoms with Crippen LogP contribution in [0, 0.1) is 6.92 Å². The molecule has 1 aromatic carbocycles. The predicted octanol–water partition coefficient (Wildman–Crippen LogP) is 3.34. The van der Waals surface area contributed by atoms with E-state index in [4.69, 9.17) is 4.52 Å². The van der Waals surface area contributed by atoms with Crippen LogP contribution < -0.4 is 5.30 Å². The maximum Gasteiger partial charge on any atom is 0.229 e. The normalized spacial score (nSPS) is 14.9. The van der Waals surface area contributed by atoms with Gasteiger partial charge in [-0.2, -0.15) is 0 Å². The molecule has 0 saturated heterocycles. The van der Waals surface area contributed by atoms with Gasteiger partial charge in [-0.05, 0) is 25.0 Å². The maximum absolute atomic E-state index is 12.3. The molecule has 0 amide bonds. The van der Waals surface area contributed by atoms with Crippen molar-refractivity contribution in [1.29, 1.82) is 0 Å². The van der Waals surface area contributed by atoms with E-state index in [9.17, 15) is 4.57 Å². The van der Waals surface area contributed by atoms with Gasteiger partial charge < -0.3 is 4.52 Å². The molecule has 15 heavy (non-hydrogen) atoms. The molecule has 0 bridgehead atoms. The molecule has 1 unspecified atom stereocenters. The van der Waals surface area contributed by atoms with Gasteiger partial charge in [0.15, 0.2) is 0 Å². The smallest absolute Gasteiger partial charge is 0.229 e. The van der Waals surface area contributed by atoms with Crippen LogP contribution in [0.1, 0.15) is 25.3 Å². The molecule has 1 atom stereocenters. The number of benzene rings is 1. The van der Waals surface area contributed by atoms with Gasteiger partial charge >= 0.3 is 0 Å². The van der Waals surface area contributed by atoms with Crippen LogP contribution in [0.5, 0.6) is 0 Å². The number of rotatable bonds is 5. The van der Waals surface area contributed by atoms with Crippen molar-refractivity contribution < 1.29 is 9.09 Å². The van der Waals surface area contributed by atoms with Crippen LogP contribution in [0.3, 0.4) is 0 Å². The Bertz CT molecular complexity index is 360. The fourth-order valence-corrected chi connectivity index (χ4v) is 3.16. The van der Waals surface area contributed by atoms with Crippen molar-refractivity contribution >= 4 is 12.7 Å². The Kier molecular flexibility index (Phi) is 4.56. The molecule has 0 aliphatic carbocycles. The van der Waals surface area contributed by atoms with E-state index in [1.54, 1.807) is 6.66 Å². The van der Waals surface area contributed by atoms with Gasteiger partial charge in [0.2, 0.25) is 7.37 Å². The van der Waals surface area contributed by atoms with Crippen LogP contribution in [0.2, 0.25) is 0 Å². The summed E-state index contributed by atoms with van der Waals surface area (Å²) in [5, 5.41) is 0.848. The lowest BCUT2D eigenvalue weighted by Gasteiger charge is -2.15. The van der Waals surface area contributed by atoms with Gasteiger partial charge in [0.1, 0.15) is 0 Å². The molecule has 1 rings (SSSR count). The molecule has 0 aromatic heterocycles. The molecule has 0 spiro atoms. The molecule has 0 fully saturated rings. The zero-order chi connectivity index (χ0) is 11.3. The molecule has 0 aliphatic rings. The van der Waals surface area contributed by atoms with Gasteiger partial charge in [-0.15, -0.1) is 0 Å². The minimum atomic E-state index is -2.61. The molecule has 84 valence electrons. The second-order valence-corrected chi connectivity index (χ2v) is 6.25. The van der Waals surface area contributed by atoms with Gasteiger partial charge in [0, 0.05) is 12.0 Å². The predicted molar refractivity (Wildman–Crippen MR) is 65.2 cm³/mol. The highest BCUT2D eigenvalue weighted by molar-refractivity contribution is 7.66. The topological polar surface area (TPSA) is 26.3 Å². The summed E-state index contributed by atoms with van der Waals surface area (Å²) in [6, 6.07) is 7.71. The second-order valence-electron chi connectivity index (χ2n) is 3.82. The first-order valence-electron chi connectivity index (χ1n) is 5.36. The molecule has 2 nitrogen and oxygen atoms in total. The minimum absolute atomic E-state index is 0.582. The first-order chi connectivity index (χ1) is 7.08. The van der Waals surface area contributed by atoms with Crippen LogP contribution in [0.4, 0.5) is 0 Å². The van der Waals surface area contributed by atoms with E-state index in [1.165, 1.54) is 0 Å². The number of hydrogen-bond acceptors (Lipinski definition) is 2. The Morgan fingerprint density at radius 1 is 1.33 bits per heavy atom. The monoisotopic (exact) mass is 226 g/mol. The second kappa shape index (κ2) is 5.48. The molecule has 0 radical (unpaired) electrons. The van der Waals surface area contributed by atoms with Crippen LogP contribution in [0.25, 0.3) is 0 Å². The number of aryl methyl sites for hydroxylation is 1. The third-order valence-corrected chi connectivity index (χ3v) is 4.44. The molecular weight excluding hydrogens is 207 g/mol. The standard InChI is InChI=1S/C12H19O2P/c1-4-5-10-14-15(3,13)12-9-7-6-8-11(12)2/h6-9H,4-5,10H2,1-3H3. The van der Waals surface area contributed by atoms with Crippen LogP contribution in [0.15, 0.2) is 24.3 Å². The summed E-state index contributed by atoms with van der Waals surface area (Å²) in [5.74, 6) is 0. The maximum atomic E-state index is 12.3. The third-order valence-electron chi connectivity index (χ3n) is 2.39. The van der Waals surface area contributed by atoms with Gasteiger partial charge in [-0.3, -0.25) is 4.57 Å². The molecule has 0 aliphatic heterocycles. The fraction of sp³-hybridized carbons (Fsp3) is 0.500. The fourth-order valence-electron chi connectivity index (χ4n) is 1.47. The number of hydrogen-bond donors (Lipinski definition) is 0. The SMILES string of the molecule is CCCCOP(C)(=O)c1ccccc1C. The van der Waals surface area contributed by atoms with E-state index >= 15 is 0 Å². The molecule has 0 N–H and O–H groups in total. The first kappa shape index (κ1) is 12.5. The van der Waals surface area contributed by atoms with Crippen LogP contribution in [-0.4, -0.2) is 13.3 Å². The lowest BCUT2D eigenvalue weighted by atomic mass is 10.2. The lowest BCUT2D eigenvalue weighted by molar-refractivity contribution is 0.316. The minimum Gasteiger partial charge on any atom is -0.325 e. The highest BCUT2D eigenvalue weighted by atomic mass is 31.2. The van der Waals surface area contributed by atoms with Crippen molar-refractivity contribution in [2.45, 2.75) is 26.7 Å². The molecule has 3 heteroatoms. The van der Waals surface area contributed by atoms with Crippen LogP contribution >= 0.6 is 7.37 Å². The molecule has 0 saturated carbocycles. The number of unbranched alkanes of at least 4 members (excludes halogenated alkanes) is 1. The lowest BCUT2D eigenvalue weighted by Crippen LogP contribution is -2.10. The van der Waals surface area contributed by atoms with E-state index in [0.29, 0.717) is 6.61 Å². The Morgan fingerprint density at radius 2 is 2.00 bits per heavy atom. The van der Waals surface area contributed by atoms with E-state index in [1.807, 2.05) is 31.2 Å². The van der Waals surface area contributed by atoms with E-state index in [0.717, 1.165) is 23.7 Å². The molecular formula is C12H19O2P. The zero-order valence-corrected chi connectivity index (χ0v) is 10.6. The van der Waals surface area contributed by atoms with E-state index < -0.39 is 7.37 Å². The van der Waals surface area contributed by atoms with Crippen molar-refractivity contribution in [2.24, 2.45) is 0 Å². The quantitative estimate of drug-likeness (QED) is 0.568. The summed E-state index contributed by atoms with van der Waals surface area (Å²) in [6.45, 7) is 6.34. The molecule has 1 aromatic rings. The van der Waals surface area contributed by atoms with Crippen molar-refractivity contribution in [3.05, 3.63) is 29.8 Å². The summed E-state index contributed by atoms with van der Waals surface area (Å²) in [6.07, 6.45) is 2.03. The average molecular weight is 226 g/mol. The summed E-state index contributed by atoms with van der Waals surface area (Å²) in [4.78, 5) is 0. The Balaban J connectivity index is 2.77. The van der Waals surface area contributed by atoms with Gasteiger partial charge in [0.05, 0.1) is 6.61 Å². The van der Waals surface area contributed by atoms with E-state index in [-0.39, 0.29) is 0 Å². The first-order valence-corrected chi connectivity index (χ1v) is 7.43. The van der Waals surface area contributed by atoms with Crippen molar-refractivity contribution in [3.8, 4) is 0 Å². The van der Waals surface area contributed by atoms with Gasteiger partial charge in [-0.1, -0.05) is 31.5 Å². The summed E-state index contributed by atoms with van der Waals surface area (Å²) >= 11 is 0. The van der Waals surface area contributed by atoms with Crippen molar-refractivity contribution in [2.75, 3.05) is 13.3 Å². The van der Waals surface area contributed by atoms with E-state index in [2.05, 4.69) is 6.92 Å². The highest BCUT2D eigenvalue weighted by Gasteiger charge is 2.20. The van der Waals surface area contributed by atoms with Gasteiger partial charge in [0.25, 0.3) is 0 Å². The largest absolute Gasteiger partial charge is 0.325 e. The molecule has 0 heterocycles. The Labute approximate surface area is 92.1 Å².